The van der Waals surface area contributed by atoms with Crippen LogP contribution in [0.1, 0.15) is 20.8 Å². The molecule has 88 valence electrons. The van der Waals surface area contributed by atoms with Gasteiger partial charge in [-0.2, -0.15) is 0 Å². The van der Waals surface area contributed by atoms with Gasteiger partial charge >= 0.3 is 0 Å². The van der Waals surface area contributed by atoms with Crippen LogP contribution in [0.2, 0.25) is 0 Å². The Balaban J connectivity index is 2.06. The number of sulfonamides is 1. The Morgan fingerprint density at radius 2 is 1.67 bits per heavy atom. The third kappa shape index (κ3) is 1.81. The summed E-state index contributed by atoms with van der Waals surface area (Å²) >= 11 is 0. The summed E-state index contributed by atoms with van der Waals surface area (Å²) in [6.07, 6.45) is 0. The van der Waals surface area contributed by atoms with E-state index < -0.39 is 10.0 Å². The molecule has 2 rings (SSSR count). The Hall–Kier alpha value is -0.130. The van der Waals surface area contributed by atoms with E-state index in [0.717, 1.165) is 13.1 Å². The third-order valence-corrected chi connectivity index (χ3v) is 5.58. The zero-order valence-corrected chi connectivity index (χ0v) is 10.8. The van der Waals surface area contributed by atoms with Gasteiger partial charge in [0.25, 0.3) is 0 Å². The van der Waals surface area contributed by atoms with Gasteiger partial charge in [0.05, 0.1) is 5.75 Å². The average molecular weight is 232 g/mol. The van der Waals surface area contributed by atoms with Crippen LogP contribution in [0.5, 0.6) is 0 Å². The topological polar surface area (TPSA) is 40.6 Å². The van der Waals surface area contributed by atoms with Crippen molar-refractivity contribution in [3.8, 4) is 0 Å². The quantitative estimate of drug-likeness (QED) is 0.605. The lowest BCUT2D eigenvalue weighted by Gasteiger charge is -2.53. The molecule has 0 aromatic heterocycles. The second kappa shape index (κ2) is 2.96. The standard InChI is InChI=1S/C10H20N2O2S/c1-9(2,3)12-6-10(7-12)5-11(4)15(13,14)8-10/h5-8H2,1-4H3. The number of hydrogen-bond donors (Lipinski definition) is 0. The summed E-state index contributed by atoms with van der Waals surface area (Å²) in [4.78, 5) is 2.35. The van der Waals surface area contributed by atoms with Gasteiger partial charge in [0.2, 0.25) is 10.0 Å². The van der Waals surface area contributed by atoms with Gasteiger partial charge < -0.3 is 0 Å². The zero-order valence-electron chi connectivity index (χ0n) is 9.95. The average Bonchev–Trinajstić information content (AvgIpc) is 2.18. The van der Waals surface area contributed by atoms with Crippen LogP contribution in [-0.2, 0) is 10.0 Å². The van der Waals surface area contributed by atoms with E-state index in [4.69, 9.17) is 0 Å². The normalized spacial score (nSPS) is 30.7. The first-order chi connectivity index (χ1) is 6.65. The molecule has 0 N–H and O–H groups in total. The maximum Gasteiger partial charge on any atom is 0.214 e. The van der Waals surface area contributed by atoms with Crippen LogP contribution in [0.15, 0.2) is 0 Å². The lowest BCUT2D eigenvalue weighted by Crippen LogP contribution is -2.64. The molecule has 4 nitrogen and oxygen atoms in total. The Kier molecular flexibility index (Phi) is 2.24. The molecule has 1 spiro atoms. The van der Waals surface area contributed by atoms with Crippen LogP contribution in [0.3, 0.4) is 0 Å². The van der Waals surface area contributed by atoms with E-state index in [0.29, 0.717) is 12.3 Å². The van der Waals surface area contributed by atoms with Crippen LogP contribution < -0.4 is 0 Å². The Bertz CT molecular complexity index is 363. The number of likely N-dealkylation sites (tertiary alicyclic amines) is 1. The van der Waals surface area contributed by atoms with Crippen molar-refractivity contribution in [2.24, 2.45) is 5.41 Å². The molecule has 0 unspecified atom stereocenters. The second-order valence-electron chi connectivity index (χ2n) is 6.04. The summed E-state index contributed by atoms with van der Waals surface area (Å²) in [7, 11) is -1.27. The highest BCUT2D eigenvalue weighted by molar-refractivity contribution is 7.89. The highest BCUT2D eigenvalue weighted by Crippen LogP contribution is 2.41. The summed E-state index contributed by atoms with van der Waals surface area (Å²) in [5.41, 5.74) is 0.178. The van der Waals surface area contributed by atoms with Crippen molar-refractivity contribution in [1.29, 1.82) is 0 Å². The molecular weight excluding hydrogens is 212 g/mol. The molecule has 2 aliphatic heterocycles. The monoisotopic (exact) mass is 232 g/mol. The van der Waals surface area contributed by atoms with Crippen LogP contribution in [0, 0.1) is 5.41 Å². The first kappa shape index (κ1) is 11.4. The lowest BCUT2D eigenvalue weighted by molar-refractivity contribution is -0.0438. The van der Waals surface area contributed by atoms with Gasteiger partial charge in [0.1, 0.15) is 0 Å². The first-order valence-electron chi connectivity index (χ1n) is 5.34. The molecule has 2 saturated heterocycles. The van der Waals surface area contributed by atoms with E-state index in [-0.39, 0.29) is 11.0 Å². The first-order valence-corrected chi connectivity index (χ1v) is 6.95. The van der Waals surface area contributed by atoms with Crippen molar-refractivity contribution in [3.63, 3.8) is 0 Å². The lowest BCUT2D eigenvalue weighted by atomic mass is 9.78. The smallest absolute Gasteiger partial charge is 0.214 e. The summed E-state index contributed by atoms with van der Waals surface area (Å²) in [5, 5.41) is 0. The van der Waals surface area contributed by atoms with Crippen LogP contribution in [0.25, 0.3) is 0 Å². The summed E-state index contributed by atoms with van der Waals surface area (Å²) in [6.45, 7) is 9.05. The molecule has 0 bridgehead atoms. The molecule has 15 heavy (non-hydrogen) atoms. The van der Waals surface area contributed by atoms with Crippen molar-refractivity contribution in [2.75, 3.05) is 32.4 Å². The van der Waals surface area contributed by atoms with E-state index in [9.17, 15) is 8.42 Å². The van der Waals surface area contributed by atoms with E-state index in [1.807, 2.05) is 0 Å². The highest BCUT2D eigenvalue weighted by atomic mass is 32.2. The maximum absolute atomic E-state index is 11.6. The van der Waals surface area contributed by atoms with Gasteiger partial charge in [-0.15, -0.1) is 0 Å². The number of hydrogen-bond acceptors (Lipinski definition) is 3. The van der Waals surface area contributed by atoms with Gasteiger partial charge in [-0.25, -0.2) is 12.7 Å². The van der Waals surface area contributed by atoms with E-state index in [1.165, 1.54) is 4.31 Å². The van der Waals surface area contributed by atoms with Crippen LogP contribution in [-0.4, -0.2) is 55.6 Å². The summed E-state index contributed by atoms with van der Waals surface area (Å²) in [6, 6.07) is 0. The van der Waals surface area contributed by atoms with E-state index >= 15 is 0 Å². The van der Waals surface area contributed by atoms with Crippen molar-refractivity contribution in [3.05, 3.63) is 0 Å². The van der Waals surface area contributed by atoms with E-state index in [1.54, 1.807) is 7.05 Å². The molecule has 0 aromatic rings. The van der Waals surface area contributed by atoms with Crippen LogP contribution in [0.4, 0.5) is 0 Å². The van der Waals surface area contributed by atoms with Gasteiger partial charge in [-0.1, -0.05) is 0 Å². The summed E-state index contributed by atoms with van der Waals surface area (Å²) in [5.74, 6) is 0.336. The molecule has 0 amide bonds. The maximum atomic E-state index is 11.6. The summed E-state index contributed by atoms with van der Waals surface area (Å²) < 4.78 is 24.8. The Morgan fingerprint density at radius 1 is 1.13 bits per heavy atom. The fourth-order valence-corrected chi connectivity index (χ4v) is 4.28. The molecule has 0 saturated carbocycles. The van der Waals surface area contributed by atoms with Crippen molar-refractivity contribution < 1.29 is 8.42 Å². The van der Waals surface area contributed by atoms with E-state index in [2.05, 4.69) is 25.7 Å². The van der Waals surface area contributed by atoms with Gasteiger partial charge in [-0.3, -0.25) is 4.90 Å². The number of nitrogens with zero attached hydrogens (tertiary/aromatic N) is 2. The highest BCUT2D eigenvalue weighted by Gasteiger charge is 2.54. The minimum absolute atomic E-state index is 0.0147. The van der Waals surface area contributed by atoms with Crippen molar-refractivity contribution in [2.45, 2.75) is 26.3 Å². The molecule has 5 heteroatoms. The molecule has 2 aliphatic rings. The fourth-order valence-electron chi connectivity index (χ4n) is 2.54. The second-order valence-corrected chi connectivity index (χ2v) is 8.12. The predicted octanol–water partition coefficient (Wildman–Crippen LogP) is 0.362. The van der Waals surface area contributed by atoms with Crippen LogP contribution >= 0.6 is 0 Å². The fraction of sp³-hybridized carbons (Fsp3) is 1.00. The minimum atomic E-state index is -2.96. The minimum Gasteiger partial charge on any atom is -0.297 e. The number of rotatable bonds is 0. The van der Waals surface area contributed by atoms with Crippen molar-refractivity contribution >= 4 is 10.0 Å². The molecule has 2 heterocycles. The largest absolute Gasteiger partial charge is 0.297 e. The van der Waals surface area contributed by atoms with Gasteiger partial charge in [0.15, 0.2) is 0 Å². The Labute approximate surface area is 92.3 Å². The van der Waals surface area contributed by atoms with Gasteiger partial charge in [0, 0.05) is 37.6 Å². The molecule has 2 fully saturated rings. The third-order valence-electron chi connectivity index (χ3n) is 3.52. The predicted molar refractivity (Wildman–Crippen MR) is 60.2 cm³/mol. The molecule has 0 aliphatic carbocycles. The zero-order chi connectivity index (χ0) is 11.5. The van der Waals surface area contributed by atoms with Gasteiger partial charge in [-0.05, 0) is 20.8 Å². The molecule has 0 aromatic carbocycles. The van der Waals surface area contributed by atoms with Crippen molar-refractivity contribution in [1.82, 2.24) is 9.21 Å². The Morgan fingerprint density at radius 3 is 2.00 bits per heavy atom. The molecule has 0 radical (unpaired) electrons. The SMILES string of the molecule is CN1CC2(CN(C(C)(C)C)C2)CS1(=O)=O. The molecule has 0 atom stereocenters. The molecular formula is C10H20N2O2S.